The summed E-state index contributed by atoms with van der Waals surface area (Å²) in [5.74, 6) is -1.53. The lowest BCUT2D eigenvalue weighted by Gasteiger charge is -2.21. The fraction of sp³-hybridized carbons (Fsp3) is 0.455. The molecule has 1 amide bonds. The third-order valence-corrected chi connectivity index (χ3v) is 3.22. The summed E-state index contributed by atoms with van der Waals surface area (Å²) in [4.78, 5) is 34.6. The van der Waals surface area contributed by atoms with E-state index < -0.39 is 22.8 Å². The maximum absolute atomic E-state index is 12.2. The van der Waals surface area contributed by atoms with Crippen LogP contribution in [0.25, 0.3) is 0 Å². The summed E-state index contributed by atoms with van der Waals surface area (Å²) in [5.41, 5.74) is -0.0585. The summed E-state index contributed by atoms with van der Waals surface area (Å²) in [6.07, 6.45) is 2.27. The van der Waals surface area contributed by atoms with Crippen LogP contribution >= 0.6 is 0 Å². The molecule has 1 atom stereocenters. The summed E-state index contributed by atoms with van der Waals surface area (Å²) in [5, 5.41) is 19.7. The van der Waals surface area contributed by atoms with E-state index in [2.05, 4.69) is 0 Å². The average molecular weight is 267 g/mol. The molecule has 0 bridgehead atoms. The van der Waals surface area contributed by atoms with Gasteiger partial charge in [-0.15, -0.1) is 0 Å². The van der Waals surface area contributed by atoms with Crippen LogP contribution in [0.1, 0.15) is 23.3 Å². The number of carboxylic acid groups (broad SMARTS) is 1. The summed E-state index contributed by atoms with van der Waals surface area (Å²) in [6.45, 7) is 0.356. The Hall–Kier alpha value is -2.38. The Bertz CT molecular complexity index is 551. The number of aryl methyl sites for hydroxylation is 1. The summed E-state index contributed by atoms with van der Waals surface area (Å²) in [6, 6.07) is 0.320. The van der Waals surface area contributed by atoms with Crippen molar-refractivity contribution in [3.8, 4) is 0 Å². The number of aliphatic carboxylic acids is 1. The molecule has 0 spiro atoms. The van der Waals surface area contributed by atoms with Crippen LogP contribution in [0.15, 0.2) is 12.3 Å². The molecule has 8 heteroatoms. The largest absolute Gasteiger partial charge is 0.480 e. The van der Waals surface area contributed by atoms with E-state index in [0.717, 1.165) is 0 Å². The number of carbonyl (C=O) groups is 2. The summed E-state index contributed by atoms with van der Waals surface area (Å²) < 4.78 is 1.34. The van der Waals surface area contributed by atoms with Gasteiger partial charge in [0.1, 0.15) is 11.7 Å². The van der Waals surface area contributed by atoms with Crippen LogP contribution in [-0.2, 0) is 11.8 Å². The SMILES string of the molecule is Cn1cc([N+](=O)[O-])cc1C(=O)N1CCCC1C(=O)O. The van der Waals surface area contributed by atoms with Gasteiger partial charge >= 0.3 is 5.97 Å². The van der Waals surface area contributed by atoms with Gasteiger partial charge in [-0.25, -0.2) is 4.79 Å². The molecule has 1 saturated heterocycles. The molecule has 1 aliphatic heterocycles. The molecule has 1 aromatic heterocycles. The Morgan fingerprint density at radius 1 is 1.53 bits per heavy atom. The molecule has 1 aliphatic rings. The fourth-order valence-electron chi connectivity index (χ4n) is 2.27. The van der Waals surface area contributed by atoms with Crippen molar-refractivity contribution in [3.63, 3.8) is 0 Å². The Morgan fingerprint density at radius 3 is 2.74 bits per heavy atom. The predicted octanol–water partition coefficient (Wildman–Crippen LogP) is 0.623. The number of likely N-dealkylation sites (tertiary alicyclic amines) is 1. The lowest BCUT2D eigenvalue weighted by Crippen LogP contribution is -2.41. The first-order valence-corrected chi connectivity index (χ1v) is 5.76. The van der Waals surface area contributed by atoms with Crippen LogP contribution in [0.5, 0.6) is 0 Å². The Labute approximate surface area is 108 Å². The molecule has 2 heterocycles. The monoisotopic (exact) mass is 267 g/mol. The van der Waals surface area contributed by atoms with Gasteiger partial charge in [-0.3, -0.25) is 14.9 Å². The van der Waals surface area contributed by atoms with Crippen molar-refractivity contribution in [2.45, 2.75) is 18.9 Å². The Kier molecular flexibility index (Phi) is 3.24. The first-order valence-electron chi connectivity index (χ1n) is 5.76. The van der Waals surface area contributed by atoms with Gasteiger partial charge in [0.05, 0.1) is 11.1 Å². The molecule has 102 valence electrons. The molecule has 1 N–H and O–H groups in total. The lowest BCUT2D eigenvalue weighted by atomic mass is 10.2. The third-order valence-electron chi connectivity index (χ3n) is 3.22. The number of rotatable bonds is 3. The van der Waals surface area contributed by atoms with Crippen molar-refractivity contribution in [2.75, 3.05) is 6.54 Å². The van der Waals surface area contributed by atoms with E-state index in [9.17, 15) is 19.7 Å². The zero-order chi connectivity index (χ0) is 14.2. The molecule has 1 aromatic rings. The molecule has 1 unspecified atom stereocenters. The average Bonchev–Trinajstić information content (AvgIpc) is 2.93. The van der Waals surface area contributed by atoms with Gasteiger partial charge in [-0.05, 0) is 12.8 Å². The number of hydrogen-bond acceptors (Lipinski definition) is 4. The Morgan fingerprint density at radius 2 is 2.21 bits per heavy atom. The molecule has 1 fully saturated rings. The zero-order valence-electron chi connectivity index (χ0n) is 10.3. The number of nitrogens with zero attached hydrogens (tertiary/aromatic N) is 3. The molecule has 0 saturated carbocycles. The predicted molar refractivity (Wildman–Crippen MR) is 63.8 cm³/mol. The first-order chi connectivity index (χ1) is 8.91. The van der Waals surface area contributed by atoms with Crippen molar-refractivity contribution in [2.24, 2.45) is 7.05 Å². The van der Waals surface area contributed by atoms with Crippen LogP contribution in [-0.4, -0.2) is 44.0 Å². The molecule has 0 aromatic carbocycles. The van der Waals surface area contributed by atoms with Crippen LogP contribution in [0.3, 0.4) is 0 Å². The highest BCUT2D eigenvalue weighted by atomic mass is 16.6. The van der Waals surface area contributed by atoms with Crippen LogP contribution in [0.4, 0.5) is 5.69 Å². The first kappa shape index (κ1) is 13.1. The highest BCUT2D eigenvalue weighted by Crippen LogP contribution is 2.23. The molecule has 2 rings (SSSR count). The topological polar surface area (TPSA) is 106 Å². The van der Waals surface area contributed by atoms with E-state index in [1.165, 1.54) is 28.8 Å². The van der Waals surface area contributed by atoms with Crippen molar-refractivity contribution in [1.29, 1.82) is 0 Å². The van der Waals surface area contributed by atoms with Gasteiger partial charge in [0.15, 0.2) is 0 Å². The van der Waals surface area contributed by atoms with E-state index in [-0.39, 0.29) is 11.4 Å². The summed E-state index contributed by atoms with van der Waals surface area (Å²) in [7, 11) is 1.52. The standard InChI is InChI=1S/C11H13N3O5/c1-12-6-7(14(18)19)5-9(12)10(15)13-4-2-3-8(13)11(16)17/h5-6,8H,2-4H2,1H3,(H,16,17). The second kappa shape index (κ2) is 4.71. The Balaban J connectivity index is 2.29. The normalized spacial score (nSPS) is 18.6. The van der Waals surface area contributed by atoms with E-state index in [0.29, 0.717) is 19.4 Å². The van der Waals surface area contributed by atoms with Crippen molar-refractivity contribution >= 4 is 17.6 Å². The minimum absolute atomic E-state index is 0.125. The van der Waals surface area contributed by atoms with Gasteiger partial charge in [0.2, 0.25) is 0 Å². The molecule has 0 radical (unpaired) electrons. The van der Waals surface area contributed by atoms with Gasteiger partial charge in [0, 0.05) is 19.7 Å². The van der Waals surface area contributed by atoms with Gasteiger partial charge < -0.3 is 14.6 Å². The number of carbonyl (C=O) groups excluding carboxylic acids is 1. The number of hydrogen-bond donors (Lipinski definition) is 1. The number of nitro groups is 1. The molecule has 0 aliphatic carbocycles. The van der Waals surface area contributed by atoms with Gasteiger partial charge in [0.25, 0.3) is 11.6 Å². The maximum Gasteiger partial charge on any atom is 0.326 e. The van der Waals surface area contributed by atoms with Crippen LogP contribution in [0, 0.1) is 10.1 Å². The number of carboxylic acids is 1. The minimum Gasteiger partial charge on any atom is -0.480 e. The number of aromatic nitrogens is 1. The van der Waals surface area contributed by atoms with E-state index in [1.807, 2.05) is 0 Å². The van der Waals surface area contributed by atoms with Crippen LogP contribution < -0.4 is 0 Å². The fourth-order valence-corrected chi connectivity index (χ4v) is 2.27. The molecular weight excluding hydrogens is 254 g/mol. The van der Waals surface area contributed by atoms with Gasteiger partial charge in [-0.1, -0.05) is 0 Å². The second-order valence-corrected chi connectivity index (χ2v) is 4.45. The molecular formula is C11H13N3O5. The minimum atomic E-state index is -1.05. The number of amides is 1. The van der Waals surface area contributed by atoms with Crippen LogP contribution in [0.2, 0.25) is 0 Å². The van der Waals surface area contributed by atoms with E-state index in [1.54, 1.807) is 0 Å². The quantitative estimate of drug-likeness (QED) is 0.638. The van der Waals surface area contributed by atoms with E-state index in [4.69, 9.17) is 5.11 Å². The third kappa shape index (κ3) is 2.28. The maximum atomic E-state index is 12.2. The van der Waals surface area contributed by atoms with Crippen molar-refractivity contribution in [3.05, 3.63) is 28.1 Å². The van der Waals surface area contributed by atoms with Gasteiger partial charge in [-0.2, -0.15) is 0 Å². The second-order valence-electron chi connectivity index (χ2n) is 4.45. The summed E-state index contributed by atoms with van der Waals surface area (Å²) >= 11 is 0. The molecule has 19 heavy (non-hydrogen) atoms. The highest BCUT2D eigenvalue weighted by Gasteiger charge is 2.35. The van der Waals surface area contributed by atoms with E-state index >= 15 is 0 Å². The zero-order valence-corrected chi connectivity index (χ0v) is 10.3. The highest BCUT2D eigenvalue weighted by molar-refractivity contribution is 5.96. The van der Waals surface area contributed by atoms with Crippen molar-refractivity contribution < 1.29 is 19.6 Å². The molecule has 8 nitrogen and oxygen atoms in total. The lowest BCUT2D eigenvalue weighted by molar-refractivity contribution is -0.384. The van der Waals surface area contributed by atoms with Crippen molar-refractivity contribution in [1.82, 2.24) is 9.47 Å². The smallest absolute Gasteiger partial charge is 0.326 e.